The first-order valence-electron chi connectivity index (χ1n) is 9.08. The van der Waals surface area contributed by atoms with Gasteiger partial charge >= 0.3 is 0 Å². The van der Waals surface area contributed by atoms with Crippen molar-refractivity contribution in [1.29, 1.82) is 0 Å². The summed E-state index contributed by atoms with van der Waals surface area (Å²) in [7, 11) is 1.58. The Kier molecular flexibility index (Phi) is 5.78. The molecule has 27 heavy (non-hydrogen) atoms. The van der Waals surface area contributed by atoms with Crippen LogP contribution in [0, 0.1) is 20.8 Å². The van der Waals surface area contributed by atoms with E-state index in [9.17, 15) is 4.79 Å². The minimum atomic E-state index is 0.000542. The van der Waals surface area contributed by atoms with Gasteiger partial charge < -0.3 is 19.3 Å². The first-order chi connectivity index (χ1) is 13.0. The van der Waals surface area contributed by atoms with E-state index in [1.54, 1.807) is 19.4 Å². The lowest BCUT2D eigenvalue weighted by atomic mass is 10.1. The molecule has 0 atom stereocenters. The number of methoxy groups -OCH3 is 1. The Balaban J connectivity index is 1.54. The number of aryl methyl sites for hydroxylation is 3. The molecule has 3 rings (SSSR count). The van der Waals surface area contributed by atoms with Crippen LogP contribution in [0.5, 0.6) is 11.6 Å². The first-order valence-corrected chi connectivity index (χ1v) is 9.08. The molecule has 1 aliphatic rings. The summed E-state index contributed by atoms with van der Waals surface area (Å²) >= 11 is 0. The van der Waals surface area contributed by atoms with Crippen LogP contribution in [0.4, 0.5) is 5.95 Å². The number of carbonyl (C=O) groups is 1. The molecule has 2 heterocycles. The van der Waals surface area contributed by atoms with Gasteiger partial charge in [0.15, 0.2) is 6.61 Å². The number of ether oxygens (including phenoxy) is 2. The van der Waals surface area contributed by atoms with Gasteiger partial charge in [-0.1, -0.05) is 17.7 Å². The van der Waals surface area contributed by atoms with Crippen molar-refractivity contribution in [3.63, 3.8) is 0 Å². The van der Waals surface area contributed by atoms with Crippen LogP contribution in [0.1, 0.15) is 16.7 Å². The largest absolute Gasteiger partial charge is 0.483 e. The van der Waals surface area contributed by atoms with Crippen LogP contribution >= 0.6 is 0 Å². The molecule has 7 nitrogen and oxygen atoms in total. The number of rotatable bonds is 5. The number of piperazine rings is 1. The lowest BCUT2D eigenvalue weighted by Crippen LogP contribution is -2.50. The first kappa shape index (κ1) is 18.9. The second-order valence-electron chi connectivity index (χ2n) is 6.78. The normalized spacial score (nSPS) is 14.2. The molecule has 1 fully saturated rings. The van der Waals surface area contributed by atoms with Crippen LogP contribution in [0.15, 0.2) is 24.4 Å². The number of aromatic nitrogens is 2. The van der Waals surface area contributed by atoms with Crippen molar-refractivity contribution in [3.05, 3.63) is 41.1 Å². The highest BCUT2D eigenvalue weighted by Crippen LogP contribution is 2.24. The van der Waals surface area contributed by atoms with Crippen LogP contribution in [-0.4, -0.2) is 60.7 Å². The number of nitrogens with zero attached hydrogens (tertiary/aromatic N) is 4. The number of hydrogen-bond donors (Lipinski definition) is 0. The fourth-order valence-electron chi connectivity index (χ4n) is 3.37. The Labute approximate surface area is 159 Å². The monoisotopic (exact) mass is 370 g/mol. The standard InChI is InChI=1S/C20H26N4O3/c1-14-11-15(2)19(16(3)12-14)27-13-18(25)23-7-9-24(10-8-23)20-21-6-5-17(22-20)26-4/h5-6,11-12H,7-10,13H2,1-4H3. The van der Waals surface area contributed by atoms with Gasteiger partial charge in [-0.15, -0.1) is 0 Å². The molecule has 1 amide bonds. The van der Waals surface area contributed by atoms with Crippen molar-refractivity contribution in [2.45, 2.75) is 20.8 Å². The molecule has 0 spiro atoms. The summed E-state index contributed by atoms with van der Waals surface area (Å²) in [4.78, 5) is 25.1. The number of benzene rings is 1. The van der Waals surface area contributed by atoms with Crippen molar-refractivity contribution in [3.8, 4) is 11.6 Å². The van der Waals surface area contributed by atoms with E-state index in [4.69, 9.17) is 9.47 Å². The molecule has 1 aromatic heterocycles. The molecule has 0 N–H and O–H groups in total. The zero-order valence-corrected chi connectivity index (χ0v) is 16.4. The van der Waals surface area contributed by atoms with E-state index in [1.165, 1.54) is 5.56 Å². The average Bonchev–Trinajstić information content (AvgIpc) is 2.67. The highest BCUT2D eigenvalue weighted by molar-refractivity contribution is 5.78. The number of amides is 1. The molecule has 0 aliphatic carbocycles. The fourth-order valence-corrected chi connectivity index (χ4v) is 3.37. The van der Waals surface area contributed by atoms with E-state index in [-0.39, 0.29) is 12.5 Å². The molecule has 0 radical (unpaired) electrons. The average molecular weight is 370 g/mol. The van der Waals surface area contributed by atoms with Crippen LogP contribution in [0.2, 0.25) is 0 Å². The van der Waals surface area contributed by atoms with Crippen LogP contribution in [0.25, 0.3) is 0 Å². The summed E-state index contributed by atoms with van der Waals surface area (Å²) < 4.78 is 11.0. The van der Waals surface area contributed by atoms with Crippen LogP contribution < -0.4 is 14.4 Å². The smallest absolute Gasteiger partial charge is 0.260 e. The summed E-state index contributed by atoms with van der Waals surface area (Å²) in [6, 6.07) is 5.86. The highest BCUT2D eigenvalue weighted by Gasteiger charge is 2.23. The van der Waals surface area contributed by atoms with E-state index in [1.807, 2.05) is 18.7 Å². The third-order valence-electron chi connectivity index (χ3n) is 4.69. The van der Waals surface area contributed by atoms with Crippen molar-refractivity contribution in [1.82, 2.24) is 14.9 Å². The SMILES string of the molecule is COc1ccnc(N2CCN(C(=O)COc3c(C)cc(C)cc3C)CC2)n1. The van der Waals surface area contributed by atoms with Gasteiger partial charge in [0.1, 0.15) is 5.75 Å². The number of hydrogen-bond acceptors (Lipinski definition) is 6. The Morgan fingerprint density at radius 1 is 1.11 bits per heavy atom. The predicted octanol–water partition coefficient (Wildman–Crippen LogP) is 2.14. The Hall–Kier alpha value is -2.83. The molecule has 144 valence electrons. The van der Waals surface area contributed by atoms with Gasteiger partial charge in [-0.2, -0.15) is 4.98 Å². The molecule has 1 saturated heterocycles. The summed E-state index contributed by atoms with van der Waals surface area (Å²) in [5, 5.41) is 0. The highest BCUT2D eigenvalue weighted by atomic mass is 16.5. The van der Waals surface area contributed by atoms with Gasteiger partial charge in [0, 0.05) is 38.4 Å². The topological polar surface area (TPSA) is 67.8 Å². The molecular weight excluding hydrogens is 344 g/mol. The molecular formula is C20H26N4O3. The number of carbonyl (C=O) groups excluding carboxylic acids is 1. The van der Waals surface area contributed by atoms with Gasteiger partial charge in [0.2, 0.25) is 11.8 Å². The van der Waals surface area contributed by atoms with E-state index in [2.05, 4.69) is 33.9 Å². The molecule has 0 bridgehead atoms. The van der Waals surface area contributed by atoms with E-state index >= 15 is 0 Å². The molecule has 0 unspecified atom stereocenters. The van der Waals surface area contributed by atoms with E-state index in [0.29, 0.717) is 38.0 Å². The van der Waals surface area contributed by atoms with Gasteiger partial charge in [-0.25, -0.2) is 4.98 Å². The van der Waals surface area contributed by atoms with Gasteiger partial charge in [0.05, 0.1) is 7.11 Å². The van der Waals surface area contributed by atoms with Crippen LogP contribution in [-0.2, 0) is 4.79 Å². The number of anilines is 1. The predicted molar refractivity (Wildman–Crippen MR) is 104 cm³/mol. The maximum absolute atomic E-state index is 12.5. The summed E-state index contributed by atoms with van der Waals surface area (Å²) in [5.74, 6) is 1.97. The van der Waals surface area contributed by atoms with Crippen LogP contribution in [0.3, 0.4) is 0 Å². The van der Waals surface area contributed by atoms with Crippen molar-refractivity contribution >= 4 is 11.9 Å². The maximum Gasteiger partial charge on any atom is 0.260 e. The summed E-state index contributed by atoms with van der Waals surface area (Å²) in [5.41, 5.74) is 3.31. The van der Waals surface area contributed by atoms with Gasteiger partial charge in [-0.3, -0.25) is 4.79 Å². The zero-order chi connectivity index (χ0) is 19.4. The quantitative estimate of drug-likeness (QED) is 0.803. The zero-order valence-electron chi connectivity index (χ0n) is 16.4. The van der Waals surface area contributed by atoms with Gasteiger partial charge in [-0.05, 0) is 31.9 Å². The molecule has 2 aromatic rings. The second kappa shape index (κ2) is 8.24. The fraction of sp³-hybridized carbons (Fsp3) is 0.450. The maximum atomic E-state index is 12.5. The lowest BCUT2D eigenvalue weighted by molar-refractivity contribution is -0.133. The van der Waals surface area contributed by atoms with Gasteiger partial charge in [0.25, 0.3) is 5.91 Å². The minimum Gasteiger partial charge on any atom is -0.483 e. The molecule has 1 aliphatic heterocycles. The molecule has 7 heteroatoms. The van der Waals surface area contributed by atoms with Crippen molar-refractivity contribution in [2.24, 2.45) is 0 Å². The van der Waals surface area contributed by atoms with Crippen molar-refractivity contribution in [2.75, 3.05) is 44.8 Å². The Bertz CT molecular complexity index is 794. The second-order valence-corrected chi connectivity index (χ2v) is 6.78. The summed E-state index contributed by atoms with van der Waals surface area (Å²) in [6.07, 6.45) is 1.68. The minimum absolute atomic E-state index is 0.000542. The van der Waals surface area contributed by atoms with E-state index < -0.39 is 0 Å². The summed E-state index contributed by atoms with van der Waals surface area (Å²) in [6.45, 7) is 8.73. The lowest BCUT2D eigenvalue weighted by Gasteiger charge is -2.34. The third-order valence-corrected chi connectivity index (χ3v) is 4.69. The Morgan fingerprint density at radius 3 is 2.41 bits per heavy atom. The molecule has 0 saturated carbocycles. The van der Waals surface area contributed by atoms with E-state index in [0.717, 1.165) is 16.9 Å². The third kappa shape index (κ3) is 4.48. The molecule has 1 aromatic carbocycles. The Morgan fingerprint density at radius 2 is 1.78 bits per heavy atom. The van der Waals surface area contributed by atoms with Crippen molar-refractivity contribution < 1.29 is 14.3 Å².